The maximum Gasteiger partial charge on any atom is 0.409 e. The van der Waals surface area contributed by atoms with E-state index in [9.17, 15) is 4.79 Å². The van der Waals surface area contributed by atoms with Gasteiger partial charge in [0.15, 0.2) is 5.96 Å². The molecule has 9 heteroatoms. The monoisotopic (exact) mass is 503 g/mol. The van der Waals surface area contributed by atoms with E-state index in [1.807, 2.05) is 12.1 Å². The molecular formula is C19H30IN5O3. The Labute approximate surface area is 183 Å². The van der Waals surface area contributed by atoms with Crippen LogP contribution in [0.15, 0.2) is 23.3 Å². The van der Waals surface area contributed by atoms with Crippen LogP contribution in [0.25, 0.3) is 0 Å². The number of amides is 1. The predicted octanol–water partition coefficient (Wildman–Crippen LogP) is 2.38. The molecule has 1 aliphatic heterocycles. The highest BCUT2D eigenvalue weighted by Crippen LogP contribution is 2.29. The van der Waals surface area contributed by atoms with Gasteiger partial charge in [0, 0.05) is 45.0 Å². The van der Waals surface area contributed by atoms with Crippen LogP contribution in [-0.4, -0.2) is 61.8 Å². The van der Waals surface area contributed by atoms with Gasteiger partial charge in [0.25, 0.3) is 0 Å². The first-order valence-corrected chi connectivity index (χ1v) is 9.55. The van der Waals surface area contributed by atoms with Crippen LogP contribution in [0.3, 0.4) is 0 Å². The number of pyridine rings is 1. The Kier molecular flexibility index (Phi) is 9.07. The molecule has 1 aliphatic carbocycles. The molecule has 2 heterocycles. The van der Waals surface area contributed by atoms with Crippen LogP contribution in [-0.2, 0) is 11.3 Å². The number of methoxy groups -OCH3 is 1. The van der Waals surface area contributed by atoms with Crippen LogP contribution in [0.2, 0.25) is 0 Å². The van der Waals surface area contributed by atoms with Gasteiger partial charge in [0.1, 0.15) is 0 Å². The van der Waals surface area contributed by atoms with E-state index >= 15 is 0 Å². The molecule has 2 N–H and O–H groups in total. The highest BCUT2D eigenvalue weighted by molar-refractivity contribution is 14.0. The van der Waals surface area contributed by atoms with Gasteiger partial charge in [-0.15, -0.1) is 24.0 Å². The molecule has 2 aliphatic rings. The number of halogens is 1. The number of carbonyl (C=O) groups excluding carboxylic acids is 1. The zero-order valence-electron chi connectivity index (χ0n) is 16.5. The average Bonchev–Trinajstić information content (AvgIpc) is 3.54. The number of aromatic nitrogens is 1. The highest BCUT2D eigenvalue weighted by Gasteiger charge is 2.24. The van der Waals surface area contributed by atoms with Gasteiger partial charge in [-0.3, -0.25) is 4.99 Å². The first-order chi connectivity index (χ1) is 13.2. The third-order valence-electron chi connectivity index (χ3n) is 4.92. The van der Waals surface area contributed by atoms with Crippen LogP contribution in [0.5, 0.6) is 5.88 Å². The third-order valence-corrected chi connectivity index (χ3v) is 4.92. The average molecular weight is 503 g/mol. The molecular weight excluding hydrogens is 473 g/mol. The molecule has 28 heavy (non-hydrogen) atoms. The number of hydrogen-bond donors (Lipinski definition) is 2. The van der Waals surface area contributed by atoms with Gasteiger partial charge in [0.2, 0.25) is 5.88 Å². The highest BCUT2D eigenvalue weighted by atomic mass is 127. The standard InChI is InChI=1S/C19H29N5O3.HI/c1-20-18(23-16-6-9-24(10-7-16)19(25)26-2)22-12-15-5-8-21-17(11-15)27-13-14-3-4-14;/h5,8,11,14,16H,3-4,6-7,9-10,12-13H2,1-2H3,(H2,20,22,23);1H. The van der Waals surface area contributed by atoms with Crippen molar-refractivity contribution in [1.29, 1.82) is 0 Å². The SMILES string of the molecule is CN=C(NCc1ccnc(OCC2CC2)c1)NC1CCN(C(=O)OC)CC1.I. The van der Waals surface area contributed by atoms with Crippen molar-refractivity contribution in [3.8, 4) is 5.88 Å². The summed E-state index contributed by atoms with van der Waals surface area (Å²) in [5, 5.41) is 6.76. The molecule has 0 radical (unpaired) electrons. The van der Waals surface area contributed by atoms with Crippen LogP contribution in [0.1, 0.15) is 31.2 Å². The molecule has 8 nitrogen and oxygen atoms in total. The second kappa shape index (κ2) is 11.3. The van der Waals surface area contributed by atoms with Crippen molar-refractivity contribution in [2.45, 2.75) is 38.3 Å². The summed E-state index contributed by atoms with van der Waals surface area (Å²) >= 11 is 0. The van der Waals surface area contributed by atoms with Gasteiger partial charge in [-0.25, -0.2) is 9.78 Å². The summed E-state index contributed by atoms with van der Waals surface area (Å²) in [5.41, 5.74) is 1.10. The van der Waals surface area contributed by atoms with E-state index in [1.54, 1.807) is 18.1 Å². The summed E-state index contributed by atoms with van der Waals surface area (Å²) in [4.78, 5) is 21.9. The molecule has 3 rings (SSSR count). The lowest BCUT2D eigenvalue weighted by molar-refractivity contribution is 0.111. The van der Waals surface area contributed by atoms with Crippen LogP contribution >= 0.6 is 24.0 Å². The van der Waals surface area contributed by atoms with E-state index in [2.05, 4.69) is 20.6 Å². The van der Waals surface area contributed by atoms with Gasteiger partial charge in [-0.2, -0.15) is 0 Å². The smallest absolute Gasteiger partial charge is 0.409 e. The molecule has 0 spiro atoms. The lowest BCUT2D eigenvalue weighted by atomic mass is 10.1. The van der Waals surface area contributed by atoms with Crippen LogP contribution in [0, 0.1) is 5.92 Å². The Morgan fingerprint density at radius 2 is 2.07 bits per heavy atom. The normalized spacial score (nSPS) is 17.5. The van der Waals surface area contributed by atoms with Gasteiger partial charge in [-0.05, 0) is 43.2 Å². The van der Waals surface area contributed by atoms with Crippen molar-refractivity contribution < 1.29 is 14.3 Å². The maximum atomic E-state index is 11.6. The quantitative estimate of drug-likeness (QED) is 0.352. The van der Waals surface area contributed by atoms with Crippen molar-refractivity contribution in [2.75, 3.05) is 33.9 Å². The molecule has 1 aromatic heterocycles. The van der Waals surface area contributed by atoms with E-state index in [0.717, 1.165) is 31.0 Å². The lowest BCUT2D eigenvalue weighted by Gasteiger charge is -2.32. The van der Waals surface area contributed by atoms with E-state index < -0.39 is 0 Å². The molecule has 2 fully saturated rings. The number of guanidine groups is 1. The third kappa shape index (κ3) is 6.99. The van der Waals surface area contributed by atoms with Gasteiger partial charge >= 0.3 is 6.09 Å². The molecule has 0 bridgehead atoms. The first-order valence-electron chi connectivity index (χ1n) is 9.55. The zero-order chi connectivity index (χ0) is 19.1. The van der Waals surface area contributed by atoms with E-state index in [-0.39, 0.29) is 36.1 Å². The number of nitrogens with zero attached hydrogens (tertiary/aromatic N) is 3. The summed E-state index contributed by atoms with van der Waals surface area (Å²) in [5.74, 6) is 2.14. The fourth-order valence-electron chi connectivity index (χ4n) is 3.04. The van der Waals surface area contributed by atoms with E-state index in [1.165, 1.54) is 20.0 Å². The lowest BCUT2D eigenvalue weighted by Crippen LogP contribution is -2.49. The zero-order valence-corrected chi connectivity index (χ0v) is 18.8. The van der Waals surface area contributed by atoms with Gasteiger partial charge < -0.3 is 25.0 Å². The second-order valence-corrected chi connectivity index (χ2v) is 7.06. The second-order valence-electron chi connectivity index (χ2n) is 7.06. The minimum atomic E-state index is -0.256. The number of hydrogen-bond acceptors (Lipinski definition) is 5. The number of likely N-dealkylation sites (tertiary alicyclic amines) is 1. The number of rotatable bonds is 6. The number of carbonyl (C=O) groups is 1. The van der Waals surface area contributed by atoms with Crippen molar-refractivity contribution in [2.24, 2.45) is 10.9 Å². The maximum absolute atomic E-state index is 11.6. The Morgan fingerprint density at radius 1 is 1.32 bits per heavy atom. The summed E-state index contributed by atoms with van der Waals surface area (Å²) in [7, 11) is 3.18. The predicted molar refractivity (Wildman–Crippen MR) is 118 cm³/mol. The molecule has 1 saturated heterocycles. The van der Waals surface area contributed by atoms with Crippen LogP contribution < -0.4 is 15.4 Å². The van der Waals surface area contributed by atoms with Crippen molar-refractivity contribution in [3.05, 3.63) is 23.9 Å². The number of nitrogens with one attached hydrogen (secondary N) is 2. The number of aliphatic imine (C=N–C) groups is 1. The number of ether oxygens (including phenoxy) is 2. The Hall–Kier alpha value is -1.78. The minimum absolute atomic E-state index is 0. The largest absolute Gasteiger partial charge is 0.477 e. The summed E-state index contributed by atoms with van der Waals surface area (Å²) in [6.45, 7) is 2.78. The molecule has 1 saturated carbocycles. The van der Waals surface area contributed by atoms with E-state index in [4.69, 9.17) is 9.47 Å². The van der Waals surface area contributed by atoms with Crippen molar-refractivity contribution >= 4 is 36.0 Å². The Bertz CT molecular complexity index is 661. The van der Waals surface area contributed by atoms with Gasteiger partial charge in [-0.1, -0.05) is 0 Å². The van der Waals surface area contributed by atoms with Crippen molar-refractivity contribution in [1.82, 2.24) is 20.5 Å². The molecule has 0 unspecified atom stereocenters. The summed E-state index contributed by atoms with van der Waals surface area (Å²) < 4.78 is 10.5. The number of piperidine rings is 1. The summed E-state index contributed by atoms with van der Waals surface area (Å²) in [6.07, 6.45) is 5.78. The molecule has 1 aromatic rings. The summed E-state index contributed by atoms with van der Waals surface area (Å²) in [6, 6.07) is 4.23. The first kappa shape index (κ1) is 22.5. The molecule has 0 atom stereocenters. The van der Waals surface area contributed by atoms with Gasteiger partial charge in [0.05, 0.1) is 13.7 Å². The van der Waals surface area contributed by atoms with E-state index in [0.29, 0.717) is 31.4 Å². The molecule has 0 aromatic carbocycles. The van der Waals surface area contributed by atoms with Crippen molar-refractivity contribution in [3.63, 3.8) is 0 Å². The Morgan fingerprint density at radius 3 is 2.71 bits per heavy atom. The molecule has 1 amide bonds. The topological polar surface area (TPSA) is 88.1 Å². The fourth-order valence-corrected chi connectivity index (χ4v) is 3.04. The Balaban J connectivity index is 0.00000280. The fraction of sp³-hybridized carbons (Fsp3) is 0.632. The minimum Gasteiger partial charge on any atom is -0.477 e. The molecule has 156 valence electrons. The van der Waals surface area contributed by atoms with Crippen LogP contribution in [0.4, 0.5) is 4.79 Å².